The first-order chi connectivity index (χ1) is 16.2. The van der Waals surface area contributed by atoms with Crippen molar-refractivity contribution in [1.29, 1.82) is 0 Å². The van der Waals surface area contributed by atoms with Gasteiger partial charge in [-0.05, 0) is 77.0 Å². The van der Waals surface area contributed by atoms with Crippen LogP contribution in [-0.4, -0.2) is 28.9 Å². The Bertz CT molecular complexity index is 1170. The summed E-state index contributed by atoms with van der Waals surface area (Å²) in [6.07, 6.45) is -2.24. The van der Waals surface area contributed by atoms with Crippen molar-refractivity contribution in [3.05, 3.63) is 80.6 Å². The second-order valence-corrected chi connectivity index (χ2v) is 8.02. The lowest BCUT2D eigenvalue weighted by Gasteiger charge is -2.15. The van der Waals surface area contributed by atoms with Crippen LogP contribution in [0.2, 0.25) is 0 Å². The number of hydrogen-bond donors (Lipinski definition) is 2. The van der Waals surface area contributed by atoms with Crippen LogP contribution in [0.1, 0.15) is 34.0 Å². The smallest absolute Gasteiger partial charge is 0.417 e. The zero-order chi connectivity index (χ0) is 24.7. The lowest BCUT2D eigenvalue weighted by atomic mass is 10.1. The Balaban J connectivity index is 1.70. The van der Waals surface area contributed by atoms with Crippen molar-refractivity contribution in [2.45, 2.75) is 19.7 Å². The number of anilines is 1. The summed E-state index contributed by atoms with van der Waals surface area (Å²) in [4.78, 5) is 14.7. The van der Waals surface area contributed by atoms with Crippen molar-refractivity contribution in [1.82, 2.24) is 4.98 Å². The van der Waals surface area contributed by atoms with Crippen LogP contribution < -0.4 is 14.9 Å². The average molecular weight is 585 g/mol. The third-order valence-electron chi connectivity index (χ3n) is 4.40. The molecule has 34 heavy (non-hydrogen) atoms. The molecular formula is C23H19F3IN3O4. The number of hydrogen-bond acceptors (Lipinski definition) is 6. The Morgan fingerprint density at radius 3 is 2.50 bits per heavy atom. The molecule has 3 aromatic rings. The number of nitrogens with zero attached hydrogens (tertiary/aromatic N) is 2. The Labute approximate surface area is 206 Å². The van der Waals surface area contributed by atoms with Gasteiger partial charge in [0.25, 0.3) is 0 Å². The van der Waals surface area contributed by atoms with Gasteiger partial charge in [-0.2, -0.15) is 18.3 Å². The van der Waals surface area contributed by atoms with E-state index in [4.69, 9.17) is 14.6 Å². The molecule has 0 spiro atoms. The van der Waals surface area contributed by atoms with Crippen molar-refractivity contribution in [3.8, 4) is 11.5 Å². The van der Waals surface area contributed by atoms with E-state index in [1.54, 1.807) is 24.3 Å². The highest BCUT2D eigenvalue weighted by molar-refractivity contribution is 14.1. The van der Waals surface area contributed by atoms with Crippen LogP contribution in [0.25, 0.3) is 0 Å². The van der Waals surface area contributed by atoms with E-state index in [0.717, 1.165) is 21.4 Å². The predicted octanol–water partition coefficient (Wildman–Crippen LogP) is 5.83. The molecule has 2 N–H and O–H groups in total. The molecule has 178 valence electrons. The van der Waals surface area contributed by atoms with E-state index in [9.17, 15) is 18.0 Å². The van der Waals surface area contributed by atoms with E-state index >= 15 is 0 Å². The SMILES string of the molecule is CCOc1cc(/C=N\Nc2ccc(C(F)(F)F)cn2)cc(I)c1OCc1ccc(C(=O)O)cc1. The maximum Gasteiger partial charge on any atom is 0.417 e. The van der Waals surface area contributed by atoms with Gasteiger partial charge in [0.05, 0.1) is 27.5 Å². The summed E-state index contributed by atoms with van der Waals surface area (Å²) < 4.78 is 50.3. The molecule has 0 fully saturated rings. The number of carboxylic acid groups (broad SMARTS) is 1. The van der Waals surface area contributed by atoms with Crippen LogP contribution >= 0.6 is 22.6 Å². The van der Waals surface area contributed by atoms with E-state index in [1.165, 1.54) is 24.4 Å². The minimum Gasteiger partial charge on any atom is -0.490 e. The highest BCUT2D eigenvalue weighted by Gasteiger charge is 2.30. The molecule has 0 amide bonds. The number of ether oxygens (including phenoxy) is 2. The van der Waals surface area contributed by atoms with Gasteiger partial charge in [-0.25, -0.2) is 9.78 Å². The lowest BCUT2D eigenvalue weighted by Crippen LogP contribution is -2.05. The number of carboxylic acids is 1. The van der Waals surface area contributed by atoms with Crippen molar-refractivity contribution in [2.75, 3.05) is 12.0 Å². The number of aromatic carboxylic acids is 1. The topological polar surface area (TPSA) is 93.0 Å². The fourth-order valence-corrected chi connectivity index (χ4v) is 3.55. The van der Waals surface area contributed by atoms with Gasteiger partial charge in [-0.15, -0.1) is 0 Å². The number of alkyl halides is 3. The first kappa shape index (κ1) is 25.3. The van der Waals surface area contributed by atoms with Crippen LogP contribution in [0, 0.1) is 3.57 Å². The highest BCUT2D eigenvalue weighted by Crippen LogP contribution is 2.34. The summed E-state index contributed by atoms with van der Waals surface area (Å²) in [6, 6.07) is 12.0. The number of hydrazone groups is 1. The Kier molecular flexibility index (Phi) is 8.31. The zero-order valence-electron chi connectivity index (χ0n) is 17.8. The summed E-state index contributed by atoms with van der Waals surface area (Å²) >= 11 is 2.10. The first-order valence-corrected chi connectivity index (χ1v) is 11.0. The summed E-state index contributed by atoms with van der Waals surface area (Å²) in [7, 11) is 0. The standard InChI is InChI=1S/C23H19F3IN3O4/c1-2-33-19-10-15(11-29-30-20-8-7-17(12-28-20)23(24,25)26)9-18(27)21(19)34-13-14-3-5-16(6-4-14)22(31)32/h3-12H,2,13H2,1H3,(H,28,30)(H,31,32)/b29-11-. The first-order valence-electron chi connectivity index (χ1n) is 9.91. The molecule has 0 aliphatic heterocycles. The van der Waals surface area contributed by atoms with Gasteiger partial charge in [0.2, 0.25) is 0 Å². The van der Waals surface area contributed by atoms with Gasteiger partial charge in [0, 0.05) is 6.20 Å². The fraction of sp³-hybridized carbons (Fsp3) is 0.174. The Morgan fingerprint density at radius 1 is 1.18 bits per heavy atom. The molecule has 1 aromatic heterocycles. The number of halogens is 4. The summed E-state index contributed by atoms with van der Waals surface area (Å²) in [5.74, 6) is 0.185. The van der Waals surface area contributed by atoms with Gasteiger partial charge in [-0.1, -0.05) is 12.1 Å². The van der Waals surface area contributed by atoms with Crippen molar-refractivity contribution >= 4 is 40.6 Å². The third kappa shape index (κ3) is 6.83. The van der Waals surface area contributed by atoms with Gasteiger partial charge >= 0.3 is 12.1 Å². The van der Waals surface area contributed by atoms with E-state index in [0.29, 0.717) is 23.7 Å². The number of benzene rings is 2. The molecule has 1 heterocycles. The molecule has 0 bridgehead atoms. The number of rotatable bonds is 9. The third-order valence-corrected chi connectivity index (χ3v) is 5.20. The number of nitrogens with one attached hydrogen (secondary N) is 1. The van der Waals surface area contributed by atoms with Gasteiger partial charge in [0.1, 0.15) is 12.4 Å². The van der Waals surface area contributed by atoms with E-state index in [2.05, 4.69) is 38.1 Å². The van der Waals surface area contributed by atoms with Crippen LogP contribution in [-0.2, 0) is 12.8 Å². The number of pyridine rings is 1. The lowest BCUT2D eigenvalue weighted by molar-refractivity contribution is -0.137. The Hall–Kier alpha value is -3.35. The molecule has 11 heteroatoms. The quantitative estimate of drug-likeness (QED) is 0.187. The zero-order valence-corrected chi connectivity index (χ0v) is 19.9. The van der Waals surface area contributed by atoms with Gasteiger partial charge < -0.3 is 14.6 Å². The number of aromatic nitrogens is 1. The molecular weight excluding hydrogens is 566 g/mol. The fourth-order valence-electron chi connectivity index (χ4n) is 2.77. The van der Waals surface area contributed by atoms with Crippen molar-refractivity contribution in [2.24, 2.45) is 5.10 Å². The Morgan fingerprint density at radius 2 is 1.91 bits per heavy atom. The molecule has 0 aliphatic rings. The largest absolute Gasteiger partial charge is 0.490 e. The van der Waals surface area contributed by atoms with E-state index in [-0.39, 0.29) is 18.0 Å². The van der Waals surface area contributed by atoms with Crippen LogP contribution in [0.5, 0.6) is 11.5 Å². The minimum atomic E-state index is -4.45. The second kappa shape index (κ2) is 11.2. The molecule has 7 nitrogen and oxygen atoms in total. The average Bonchev–Trinajstić information content (AvgIpc) is 2.79. The summed E-state index contributed by atoms with van der Waals surface area (Å²) in [6.45, 7) is 2.44. The maximum atomic E-state index is 12.6. The van der Waals surface area contributed by atoms with Gasteiger partial charge in [0.15, 0.2) is 11.5 Å². The highest BCUT2D eigenvalue weighted by atomic mass is 127. The van der Waals surface area contributed by atoms with Crippen molar-refractivity contribution in [3.63, 3.8) is 0 Å². The normalized spacial score (nSPS) is 11.4. The molecule has 0 saturated heterocycles. The number of carbonyl (C=O) groups is 1. The maximum absolute atomic E-state index is 12.6. The van der Waals surface area contributed by atoms with Gasteiger partial charge in [-0.3, -0.25) is 5.43 Å². The van der Waals surface area contributed by atoms with Crippen LogP contribution in [0.3, 0.4) is 0 Å². The molecule has 0 saturated carbocycles. The summed E-state index contributed by atoms with van der Waals surface area (Å²) in [5.41, 5.74) is 3.41. The summed E-state index contributed by atoms with van der Waals surface area (Å²) in [5, 5.41) is 13.0. The van der Waals surface area contributed by atoms with Crippen LogP contribution in [0.15, 0.2) is 59.8 Å². The molecule has 2 aromatic carbocycles. The van der Waals surface area contributed by atoms with E-state index in [1.807, 2.05) is 6.92 Å². The minimum absolute atomic E-state index is 0.165. The van der Waals surface area contributed by atoms with Crippen LogP contribution in [0.4, 0.5) is 19.0 Å². The van der Waals surface area contributed by atoms with E-state index < -0.39 is 17.7 Å². The predicted molar refractivity (Wildman–Crippen MR) is 129 cm³/mol. The molecule has 0 unspecified atom stereocenters. The monoisotopic (exact) mass is 585 g/mol. The molecule has 0 atom stereocenters. The second-order valence-electron chi connectivity index (χ2n) is 6.85. The molecule has 3 rings (SSSR count). The van der Waals surface area contributed by atoms with Crippen molar-refractivity contribution < 1.29 is 32.5 Å². The molecule has 0 aliphatic carbocycles. The molecule has 0 radical (unpaired) electrons.